The Morgan fingerprint density at radius 3 is 2.38 bits per heavy atom. The first-order valence-corrected chi connectivity index (χ1v) is 8.64. The van der Waals surface area contributed by atoms with Crippen molar-refractivity contribution in [2.75, 3.05) is 13.1 Å². The van der Waals surface area contributed by atoms with Gasteiger partial charge in [0.15, 0.2) is 0 Å². The molecule has 3 aromatic rings. The number of aromatic nitrogens is 2. The highest BCUT2D eigenvalue weighted by molar-refractivity contribution is 5.94. The van der Waals surface area contributed by atoms with Gasteiger partial charge in [0.05, 0.1) is 0 Å². The molecule has 0 unspecified atom stereocenters. The van der Waals surface area contributed by atoms with E-state index in [-0.39, 0.29) is 17.6 Å². The van der Waals surface area contributed by atoms with Crippen molar-refractivity contribution < 1.29 is 13.6 Å². The fourth-order valence-corrected chi connectivity index (χ4v) is 3.20. The molecule has 132 valence electrons. The molecule has 1 aromatic heterocycles. The Balaban J connectivity index is 1.41. The van der Waals surface area contributed by atoms with Crippen molar-refractivity contribution in [3.8, 4) is 11.5 Å². The maximum atomic E-state index is 13.0. The molecular weight excluding hydrogens is 333 g/mol. The largest absolute Gasteiger partial charge is 0.420 e. The van der Waals surface area contributed by atoms with E-state index in [1.54, 1.807) is 12.1 Å². The predicted octanol–water partition coefficient (Wildman–Crippen LogP) is 3.90. The quantitative estimate of drug-likeness (QED) is 0.718. The van der Waals surface area contributed by atoms with Crippen LogP contribution in [0.4, 0.5) is 4.39 Å². The van der Waals surface area contributed by atoms with E-state index >= 15 is 0 Å². The van der Waals surface area contributed by atoms with Crippen LogP contribution in [0.5, 0.6) is 0 Å². The lowest BCUT2D eigenvalue weighted by atomic mass is 9.96. The number of amides is 1. The molecule has 2 aromatic carbocycles. The molecule has 0 spiro atoms. The van der Waals surface area contributed by atoms with Crippen LogP contribution in [0.25, 0.3) is 11.5 Å². The molecule has 1 amide bonds. The highest BCUT2D eigenvalue weighted by Crippen LogP contribution is 2.29. The number of hydrogen-bond acceptors (Lipinski definition) is 4. The second-order valence-electron chi connectivity index (χ2n) is 6.38. The Morgan fingerprint density at radius 1 is 1.00 bits per heavy atom. The van der Waals surface area contributed by atoms with Crippen LogP contribution in [0.1, 0.15) is 35.0 Å². The van der Waals surface area contributed by atoms with Crippen molar-refractivity contribution in [2.45, 2.75) is 18.8 Å². The molecule has 5 nitrogen and oxygen atoms in total. The maximum absolute atomic E-state index is 13.0. The van der Waals surface area contributed by atoms with E-state index in [9.17, 15) is 9.18 Å². The summed E-state index contributed by atoms with van der Waals surface area (Å²) in [5.74, 6) is 0.862. The standard InChI is InChI=1S/C20H18FN3O2/c21-17-8-6-14(7-9-17)18-22-23-19(26-18)15-10-12-24(13-11-15)20(25)16-4-2-1-3-5-16/h1-9,15H,10-13H2. The van der Waals surface area contributed by atoms with E-state index in [0.717, 1.165) is 12.8 Å². The van der Waals surface area contributed by atoms with Gasteiger partial charge in [0.2, 0.25) is 11.8 Å². The van der Waals surface area contributed by atoms with Crippen LogP contribution < -0.4 is 0 Å². The summed E-state index contributed by atoms with van der Waals surface area (Å²) in [6, 6.07) is 15.3. The molecule has 4 rings (SSSR count). The van der Waals surface area contributed by atoms with Crippen LogP contribution in [0.3, 0.4) is 0 Å². The summed E-state index contributed by atoms with van der Waals surface area (Å²) in [5, 5.41) is 8.23. The van der Waals surface area contributed by atoms with Gasteiger partial charge in [-0.1, -0.05) is 18.2 Å². The number of benzene rings is 2. The zero-order valence-electron chi connectivity index (χ0n) is 14.1. The van der Waals surface area contributed by atoms with Crippen molar-refractivity contribution in [1.82, 2.24) is 15.1 Å². The Labute approximate surface area is 150 Å². The van der Waals surface area contributed by atoms with Crippen molar-refractivity contribution in [2.24, 2.45) is 0 Å². The Hall–Kier alpha value is -3.02. The molecule has 0 aliphatic carbocycles. The normalized spacial score (nSPS) is 15.2. The zero-order valence-corrected chi connectivity index (χ0v) is 14.1. The summed E-state index contributed by atoms with van der Waals surface area (Å²) in [6.07, 6.45) is 1.56. The van der Waals surface area contributed by atoms with Gasteiger partial charge in [0.1, 0.15) is 5.82 Å². The van der Waals surface area contributed by atoms with Crippen LogP contribution in [-0.2, 0) is 0 Å². The van der Waals surface area contributed by atoms with E-state index in [1.165, 1.54) is 12.1 Å². The van der Waals surface area contributed by atoms with Gasteiger partial charge in [0, 0.05) is 30.1 Å². The summed E-state index contributed by atoms with van der Waals surface area (Å²) < 4.78 is 18.8. The molecule has 1 aliphatic rings. The summed E-state index contributed by atoms with van der Waals surface area (Å²) in [6.45, 7) is 1.32. The molecule has 1 saturated heterocycles. The molecule has 0 radical (unpaired) electrons. The third kappa shape index (κ3) is 3.35. The smallest absolute Gasteiger partial charge is 0.253 e. The summed E-state index contributed by atoms with van der Waals surface area (Å²) in [7, 11) is 0. The van der Waals surface area contributed by atoms with E-state index in [1.807, 2.05) is 35.2 Å². The van der Waals surface area contributed by atoms with E-state index in [2.05, 4.69) is 10.2 Å². The van der Waals surface area contributed by atoms with Crippen molar-refractivity contribution in [3.63, 3.8) is 0 Å². The molecule has 2 heterocycles. The van der Waals surface area contributed by atoms with Crippen LogP contribution in [0.15, 0.2) is 59.0 Å². The summed E-state index contributed by atoms with van der Waals surface area (Å²) in [4.78, 5) is 14.4. The SMILES string of the molecule is O=C(c1ccccc1)N1CCC(c2nnc(-c3ccc(F)cc3)o2)CC1. The minimum Gasteiger partial charge on any atom is -0.420 e. The second kappa shape index (κ2) is 7.07. The van der Waals surface area contributed by atoms with Gasteiger partial charge < -0.3 is 9.32 Å². The third-order valence-electron chi connectivity index (χ3n) is 4.68. The minimum atomic E-state index is -0.302. The lowest BCUT2D eigenvalue weighted by Gasteiger charge is -2.30. The molecule has 0 bridgehead atoms. The molecule has 6 heteroatoms. The van der Waals surface area contributed by atoms with E-state index < -0.39 is 0 Å². The first-order valence-electron chi connectivity index (χ1n) is 8.64. The number of halogens is 1. The van der Waals surface area contributed by atoms with Crippen molar-refractivity contribution >= 4 is 5.91 Å². The molecule has 1 aliphatic heterocycles. The van der Waals surface area contributed by atoms with E-state index in [4.69, 9.17) is 4.42 Å². The molecule has 0 atom stereocenters. The highest BCUT2D eigenvalue weighted by atomic mass is 19.1. The molecule has 26 heavy (non-hydrogen) atoms. The van der Waals surface area contributed by atoms with Crippen LogP contribution >= 0.6 is 0 Å². The van der Waals surface area contributed by atoms with Crippen LogP contribution in [-0.4, -0.2) is 34.1 Å². The summed E-state index contributed by atoms with van der Waals surface area (Å²) in [5.41, 5.74) is 1.41. The second-order valence-corrected chi connectivity index (χ2v) is 6.38. The van der Waals surface area contributed by atoms with Gasteiger partial charge in [-0.2, -0.15) is 0 Å². The summed E-state index contributed by atoms with van der Waals surface area (Å²) >= 11 is 0. The van der Waals surface area contributed by atoms with Crippen LogP contribution in [0.2, 0.25) is 0 Å². The van der Waals surface area contributed by atoms with Crippen molar-refractivity contribution in [1.29, 1.82) is 0 Å². The fraction of sp³-hybridized carbons (Fsp3) is 0.250. The lowest BCUT2D eigenvalue weighted by Crippen LogP contribution is -2.37. The number of rotatable bonds is 3. The van der Waals surface area contributed by atoms with Gasteiger partial charge in [-0.25, -0.2) is 4.39 Å². The number of likely N-dealkylation sites (tertiary alicyclic amines) is 1. The van der Waals surface area contributed by atoms with Gasteiger partial charge >= 0.3 is 0 Å². The monoisotopic (exact) mass is 351 g/mol. The predicted molar refractivity (Wildman–Crippen MR) is 94.0 cm³/mol. The average molecular weight is 351 g/mol. The highest BCUT2D eigenvalue weighted by Gasteiger charge is 2.28. The topological polar surface area (TPSA) is 59.2 Å². The Kier molecular flexibility index (Phi) is 4.48. The number of hydrogen-bond donors (Lipinski definition) is 0. The third-order valence-corrected chi connectivity index (χ3v) is 4.68. The molecule has 1 fully saturated rings. The molecule has 0 N–H and O–H groups in total. The first-order chi connectivity index (χ1) is 12.7. The number of nitrogens with zero attached hydrogens (tertiary/aromatic N) is 3. The van der Waals surface area contributed by atoms with Gasteiger partial charge in [-0.05, 0) is 49.2 Å². The lowest BCUT2D eigenvalue weighted by molar-refractivity contribution is 0.0706. The van der Waals surface area contributed by atoms with Crippen molar-refractivity contribution in [3.05, 3.63) is 71.9 Å². The number of carbonyl (C=O) groups excluding carboxylic acids is 1. The first kappa shape index (κ1) is 16.4. The Bertz CT molecular complexity index is 885. The van der Waals surface area contributed by atoms with Gasteiger partial charge in [0.25, 0.3) is 5.91 Å². The minimum absolute atomic E-state index is 0.0570. The zero-order chi connectivity index (χ0) is 17.9. The average Bonchev–Trinajstić information content (AvgIpc) is 3.19. The molecular formula is C20H18FN3O2. The fourth-order valence-electron chi connectivity index (χ4n) is 3.20. The molecule has 0 saturated carbocycles. The van der Waals surface area contributed by atoms with Gasteiger partial charge in [-0.15, -0.1) is 10.2 Å². The van der Waals surface area contributed by atoms with Gasteiger partial charge in [-0.3, -0.25) is 4.79 Å². The van der Waals surface area contributed by atoms with Crippen LogP contribution in [0, 0.1) is 5.82 Å². The number of piperidine rings is 1. The Morgan fingerprint density at radius 2 is 1.69 bits per heavy atom. The van der Waals surface area contributed by atoms with E-state index in [0.29, 0.717) is 36.0 Å². The maximum Gasteiger partial charge on any atom is 0.253 e. The number of carbonyl (C=O) groups is 1.